The Bertz CT molecular complexity index is 1010. The van der Waals surface area contributed by atoms with Crippen LogP contribution in [0.3, 0.4) is 0 Å². The second-order valence-corrected chi connectivity index (χ2v) is 10.3. The Morgan fingerprint density at radius 2 is 1.61 bits per heavy atom. The SMILES string of the molecule is CCCCOC(=O)c1ccc(NC(=O)COC(=O)[C@H](C(C)C)N2C(=O)[C@@H]3[C@H]4CC[C@@H](C4)[C@@H]3C2=O)cc1. The summed E-state index contributed by atoms with van der Waals surface area (Å²) in [4.78, 5) is 64.7. The minimum Gasteiger partial charge on any atom is -0.462 e. The van der Waals surface area contributed by atoms with Gasteiger partial charge in [-0.15, -0.1) is 0 Å². The molecule has 4 rings (SSSR count). The normalized spacial score (nSPS) is 25.2. The maximum absolute atomic E-state index is 13.2. The van der Waals surface area contributed by atoms with Crippen LogP contribution in [0.1, 0.15) is 63.2 Å². The minimum atomic E-state index is -1.05. The monoisotopic (exact) mass is 498 g/mol. The Hall–Kier alpha value is -3.23. The van der Waals surface area contributed by atoms with Crippen molar-refractivity contribution in [2.24, 2.45) is 29.6 Å². The Morgan fingerprint density at radius 3 is 2.17 bits per heavy atom. The maximum Gasteiger partial charge on any atom is 0.338 e. The van der Waals surface area contributed by atoms with E-state index in [-0.39, 0.29) is 41.4 Å². The van der Waals surface area contributed by atoms with E-state index in [0.717, 1.165) is 37.0 Å². The number of carbonyl (C=O) groups is 5. The summed E-state index contributed by atoms with van der Waals surface area (Å²) in [5.74, 6) is -2.86. The number of carbonyl (C=O) groups excluding carboxylic acids is 5. The van der Waals surface area contributed by atoms with Crippen molar-refractivity contribution in [3.63, 3.8) is 0 Å². The summed E-state index contributed by atoms with van der Waals surface area (Å²) in [5, 5.41) is 2.61. The summed E-state index contributed by atoms with van der Waals surface area (Å²) in [5.41, 5.74) is 0.795. The van der Waals surface area contributed by atoms with E-state index in [1.165, 1.54) is 0 Å². The first-order valence-corrected chi connectivity index (χ1v) is 12.8. The van der Waals surface area contributed by atoms with E-state index < -0.39 is 30.5 Å². The van der Waals surface area contributed by atoms with Gasteiger partial charge in [-0.1, -0.05) is 27.2 Å². The Morgan fingerprint density at radius 1 is 1.00 bits per heavy atom. The molecular formula is C27H34N2O7. The lowest BCUT2D eigenvalue weighted by Crippen LogP contribution is -2.50. The summed E-state index contributed by atoms with van der Waals surface area (Å²) >= 11 is 0. The molecule has 3 aliphatic rings. The van der Waals surface area contributed by atoms with Crippen molar-refractivity contribution in [3.05, 3.63) is 29.8 Å². The molecule has 0 unspecified atom stereocenters. The number of hydrogen-bond donors (Lipinski definition) is 1. The van der Waals surface area contributed by atoms with Gasteiger partial charge < -0.3 is 14.8 Å². The minimum absolute atomic E-state index is 0.223. The molecule has 1 heterocycles. The largest absolute Gasteiger partial charge is 0.462 e. The molecule has 1 aliphatic heterocycles. The van der Waals surface area contributed by atoms with Crippen molar-refractivity contribution in [2.45, 2.75) is 58.9 Å². The first-order valence-electron chi connectivity index (χ1n) is 12.8. The number of hydrogen-bond acceptors (Lipinski definition) is 7. The highest BCUT2D eigenvalue weighted by atomic mass is 16.5. The zero-order valence-electron chi connectivity index (χ0n) is 21.0. The summed E-state index contributed by atoms with van der Waals surface area (Å²) in [6.45, 7) is 5.31. The zero-order valence-corrected chi connectivity index (χ0v) is 21.0. The van der Waals surface area contributed by atoms with Gasteiger partial charge in [0, 0.05) is 5.69 Å². The maximum atomic E-state index is 13.2. The number of likely N-dealkylation sites (tertiary alicyclic amines) is 1. The number of unbranched alkanes of at least 4 members (excludes halogenated alkanes) is 1. The van der Waals surface area contributed by atoms with Crippen molar-refractivity contribution >= 4 is 35.3 Å². The number of amides is 3. The molecule has 1 saturated heterocycles. The van der Waals surface area contributed by atoms with Gasteiger partial charge in [-0.05, 0) is 67.7 Å². The summed E-state index contributed by atoms with van der Waals surface area (Å²) in [7, 11) is 0. The van der Waals surface area contributed by atoms with Crippen molar-refractivity contribution in [3.8, 4) is 0 Å². The van der Waals surface area contributed by atoms with E-state index in [0.29, 0.717) is 17.9 Å². The average Bonchev–Trinajstić information content (AvgIpc) is 3.53. The molecule has 2 saturated carbocycles. The molecule has 0 radical (unpaired) electrons. The van der Waals surface area contributed by atoms with Gasteiger partial charge in [-0.25, -0.2) is 9.59 Å². The van der Waals surface area contributed by atoms with Gasteiger partial charge in [0.15, 0.2) is 6.61 Å². The highest BCUT2D eigenvalue weighted by molar-refractivity contribution is 6.08. The Kier molecular flexibility index (Phi) is 7.76. The van der Waals surface area contributed by atoms with Crippen LogP contribution >= 0.6 is 0 Å². The smallest absolute Gasteiger partial charge is 0.338 e. The summed E-state index contributed by atoms with van der Waals surface area (Å²) in [6, 6.07) is 5.14. The summed E-state index contributed by atoms with van der Waals surface area (Å²) in [6.07, 6.45) is 4.54. The molecule has 3 fully saturated rings. The predicted molar refractivity (Wildman–Crippen MR) is 130 cm³/mol. The molecule has 2 bridgehead atoms. The molecule has 3 amide bonds. The number of rotatable bonds is 10. The highest BCUT2D eigenvalue weighted by Gasteiger charge is 2.62. The molecule has 1 N–H and O–H groups in total. The fraction of sp³-hybridized carbons (Fsp3) is 0.593. The van der Waals surface area contributed by atoms with E-state index in [4.69, 9.17) is 9.47 Å². The van der Waals surface area contributed by atoms with Gasteiger partial charge in [0.2, 0.25) is 11.8 Å². The standard InChI is InChI=1S/C27H34N2O7/c1-4-5-12-35-26(33)16-8-10-19(11-9-16)28-20(30)14-36-27(34)23(15(2)3)29-24(31)21-17-6-7-18(13-17)22(21)25(29)32/h8-11,15,17-18,21-23H,4-7,12-14H2,1-3H3,(H,28,30)/t17-,18-,21-,22+,23-/m0/s1. The van der Waals surface area contributed by atoms with Crippen LogP contribution in [0.4, 0.5) is 5.69 Å². The lowest BCUT2D eigenvalue weighted by molar-refractivity contribution is -0.162. The van der Waals surface area contributed by atoms with Crippen LogP contribution in [-0.2, 0) is 28.7 Å². The number of nitrogens with zero attached hydrogens (tertiary/aromatic N) is 1. The van der Waals surface area contributed by atoms with Crippen LogP contribution in [0.5, 0.6) is 0 Å². The van der Waals surface area contributed by atoms with Gasteiger partial charge in [-0.3, -0.25) is 19.3 Å². The fourth-order valence-electron chi connectivity index (χ4n) is 5.88. The van der Waals surface area contributed by atoms with Crippen molar-refractivity contribution < 1.29 is 33.4 Å². The second-order valence-electron chi connectivity index (χ2n) is 10.3. The third kappa shape index (κ3) is 5.01. The number of fused-ring (bicyclic) bond motifs is 5. The average molecular weight is 499 g/mol. The number of benzene rings is 1. The van der Waals surface area contributed by atoms with E-state index >= 15 is 0 Å². The number of nitrogens with one attached hydrogen (secondary N) is 1. The molecule has 5 atom stereocenters. The van der Waals surface area contributed by atoms with Crippen molar-refractivity contribution in [1.82, 2.24) is 4.90 Å². The van der Waals surface area contributed by atoms with Crippen molar-refractivity contribution in [2.75, 3.05) is 18.5 Å². The molecule has 9 heteroatoms. The Labute approximate surface area is 210 Å². The third-order valence-corrected chi connectivity index (χ3v) is 7.59. The molecule has 1 aromatic rings. The predicted octanol–water partition coefficient (Wildman–Crippen LogP) is 3.18. The zero-order chi connectivity index (χ0) is 26.0. The molecule has 194 valence electrons. The molecule has 0 aromatic heterocycles. The topological polar surface area (TPSA) is 119 Å². The first-order chi connectivity index (χ1) is 17.2. The van der Waals surface area contributed by atoms with E-state index in [9.17, 15) is 24.0 Å². The van der Waals surface area contributed by atoms with Crippen LogP contribution in [0, 0.1) is 29.6 Å². The van der Waals surface area contributed by atoms with E-state index in [1.807, 2.05) is 6.92 Å². The molecule has 2 aliphatic carbocycles. The Balaban J connectivity index is 1.31. The molecule has 0 spiro atoms. The van der Waals surface area contributed by atoms with Crippen LogP contribution in [0.15, 0.2) is 24.3 Å². The fourth-order valence-corrected chi connectivity index (χ4v) is 5.88. The number of anilines is 1. The molecule has 9 nitrogen and oxygen atoms in total. The van der Waals surface area contributed by atoms with Crippen LogP contribution < -0.4 is 5.32 Å². The van der Waals surface area contributed by atoms with E-state index in [2.05, 4.69) is 5.32 Å². The van der Waals surface area contributed by atoms with Gasteiger partial charge in [0.25, 0.3) is 5.91 Å². The van der Waals surface area contributed by atoms with Crippen LogP contribution in [0.25, 0.3) is 0 Å². The summed E-state index contributed by atoms with van der Waals surface area (Å²) < 4.78 is 10.4. The number of imide groups is 1. The van der Waals surface area contributed by atoms with E-state index in [1.54, 1.807) is 38.1 Å². The highest BCUT2D eigenvalue weighted by Crippen LogP contribution is 2.56. The lowest BCUT2D eigenvalue weighted by atomic mass is 9.81. The van der Waals surface area contributed by atoms with Crippen LogP contribution in [0.2, 0.25) is 0 Å². The third-order valence-electron chi connectivity index (χ3n) is 7.59. The van der Waals surface area contributed by atoms with Crippen molar-refractivity contribution in [1.29, 1.82) is 0 Å². The molecular weight excluding hydrogens is 464 g/mol. The lowest BCUT2D eigenvalue weighted by Gasteiger charge is -2.28. The van der Waals surface area contributed by atoms with Gasteiger partial charge in [0.1, 0.15) is 6.04 Å². The van der Waals surface area contributed by atoms with Gasteiger partial charge in [-0.2, -0.15) is 0 Å². The van der Waals surface area contributed by atoms with Gasteiger partial charge >= 0.3 is 11.9 Å². The number of esters is 2. The van der Waals surface area contributed by atoms with Gasteiger partial charge in [0.05, 0.1) is 24.0 Å². The quantitative estimate of drug-likeness (QED) is 0.299. The number of ether oxygens (including phenoxy) is 2. The first kappa shape index (κ1) is 25.9. The van der Waals surface area contributed by atoms with Crippen LogP contribution in [-0.4, -0.2) is 53.8 Å². The second kappa shape index (κ2) is 10.8. The molecule has 1 aromatic carbocycles. The molecule has 36 heavy (non-hydrogen) atoms.